The molecule has 0 aliphatic carbocycles. The normalized spacial score (nSPS) is 10.6. The van der Waals surface area contributed by atoms with Crippen LogP contribution in [0.5, 0.6) is 0 Å². The van der Waals surface area contributed by atoms with E-state index in [0.717, 1.165) is 19.3 Å². The molecule has 0 aliphatic rings. The second-order valence-electron chi connectivity index (χ2n) is 7.25. The Kier molecular flexibility index (Phi) is 19.5. The number of carbonyl (C=O) groups excluding carboxylic acids is 2. The van der Waals surface area contributed by atoms with Gasteiger partial charge in [0.1, 0.15) is 5.69 Å². The van der Waals surface area contributed by atoms with Crippen LogP contribution in [0.15, 0.2) is 28.2 Å². The number of urea groups is 1. The molecule has 0 saturated carbocycles. The molecule has 0 radical (unpaired) electrons. The molecule has 9 heteroatoms. The van der Waals surface area contributed by atoms with E-state index in [1.54, 1.807) is 18.2 Å². The van der Waals surface area contributed by atoms with E-state index < -0.39 is 0 Å². The summed E-state index contributed by atoms with van der Waals surface area (Å²) in [6.45, 7) is 5.62. The molecule has 32 heavy (non-hydrogen) atoms. The summed E-state index contributed by atoms with van der Waals surface area (Å²) in [5.74, 6) is -0.0570. The van der Waals surface area contributed by atoms with E-state index in [-0.39, 0.29) is 12.0 Å². The molecule has 0 atom stereocenters. The molecule has 0 bridgehead atoms. The van der Waals surface area contributed by atoms with Gasteiger partial charge in [-0.2, -0.15) is 0 Å². The molecule has 4 N–H and O–H groups in total. The largest absolute Gasteiger partial charge is 0.369 e. The first-order valence-electron chi connectivity index (χ1n) is 11.3. The fourth-order valence-electron chi connectivity index (χ4n) is 2.68. The summed E-state index contributed by atoms with van der Waals surface area (Å²) >= 11 is 12.0. The molecule has 0 aliphatic heterocycles. The molecule has 1 aromatic carbocycles. The molecule has 7 nitrogen and oxygen atoms in total. The Balaban J connectivity index is 0.000000809. The van der Waals surface area contributed by atoms with E-state index in [0.29, 0.717) is 28.8 Å². The molecule has 0 unspecified atom stereocenters. The predicted molar refractivity (Wildman–Crippen MR) is 135 cm³/mol. The first kappa shape index (κ1) is 29.9. The molecule has 2 amide bonds. The summed E-state index contributed by atoms with van der Waals surface area (Å²) in [4.78, 5) is 28.7. The van der Waals surface area contributed by atoms with E-state index in [9.17, 15) is 9.59 Å². The third kappa shape index (κ3) is 16.6. The second kappa shape index (κ2) is 20.8. The fraction of sp³-hybridized carbons (Fsp3) is 0.609. The van der Waals surface area contributed by atoms with E-state index >= 15 is 0 Å². The summed E-state index contributed by atoms with van der Waals surface area (Å²) in [6, 6.07) is 4.62. The number of hydrogen-bond acceptors (Lipinski definition) is 4. The molecule has 0 saturated heterocycles. The molecule has 1 rings (SSSR count). The van der Waals surface area contributed by atoms with Crippen molar-refractivity contribution in [1.29, 1.82) is 0 Å². The van der Waals surface area contributed by atoms with Crippen molar-refractivity contribution in [2.75, 3.05) is 13.1 Å². The molecule has 0 aromatic heterocycles. The van der Waals surface area contributed by atoms with Crippen molar-refractivity contribution in [2.45, 2.75) is 78.1 Å². The number of unbranched alkanes of at least 4 members (excludes halogenated alkanes) is 8. The fourth-order valence-corrected chi connectivity index (χ4v) is 3.16. The molecule has 0 heterocycles. The number of halogens is 2. The van der Waals surface area contributed by atoms with Gasteiger partial charge in [0.15, 0.2) is 0 Å². The van der Waals surface area contributed by atoms with Crippen LogP contribution in [0.4, 0.5) is 10.5 Å². The Morgan fingerprint density at radius 2 is 1.53 bits per heavy atom. The van der Waals surface area contributed by atoms with Crippen LogP contribution in [0.25, 0.3) is 0 Å². The van der Waals surface area contributed by atoms with Crippen LogP contribution in [0.1, 0.15) is 78.1 Å². The summed E-state index contributed by atoms with van der Waals surface area (Å²) in [5.41, 5.74) is 6.01. The van der Waals surface area contributed by atoms with Crippen LogP contribution in [-0.2, 0) is 4.79 Å². The zero-order valence-corrected chi connectivity index (χ0v) is 20.8. The highest BCUT2D eigenvalue weighted by atomic mass is 35.5. The lowest BCUT2D eigenvalue weighted by atomic mass is 10.1. The minimum absolute atomic E-state index is 0.0570. The van der Waals surface area contributed by atoms with Crippen LogP contribution in [0, 0.1) is 0 Å². The number of nitrogens with one attached hydrogen (secondary N) is 2. The van der Waals surface area contributed by atoms with Gasteiger partial charge in [-0.3, -0.25) is 5.32 Å². The number of aliphatic imine (C=N–C) groups is 2. The maximum Gasteiger partial charge on any atom is 0.321 e. The van der Waals surface area contributed by atoms with Crippen molar-refractivity contribution in [3.8, 4) is 0 Å². The average Bonchev–Trinajstić information content (AvgIpc) is 2.76. The van der Waals surface area contributed by atoms with Gasteiger partial charge in [0.25, 0.3) is 0 Å². The lowest BCUT2D eigenvalue weighted by Crippen LogP contribution is -2.43. The second-order valence-corrected chi connectivity index (χ2v) is 8.06. The van der Waals surface area contributed by atoms with Gasteiger partial charge < -0.3 is 11.1 Å². The monoisotopic (exact) mass is 485 g/mol. The third-order valence-electron chi connectivity index (χ3n) is 4.42. The number of guanidine groups is 1. The number of isocyanates is 1. The SMILES string of the molecule is CCCCCCCN=C=O.CCCCCCCNC(=O)NC(N)=Nc1c(Cl)cccc1Cl. The van der Waals surface area contributed by atoms with Gasteiger partial charge in [-0.25, -0.2) is 19.6 Å². The number of nitrogens with zero attached hydrogens (tertiary/aromatic N) is 2. The smallest absolute Gasteiger partial charge is 0.321 e. The van der Waals surface area contributed by atoms with Gasteiger partial charge in [-0.1, -0.05) is 94.5 Å². The van der Waals surface area contributed by atoms with Gasteiger partial charge in [0.05, 0.1) is 16.6 Å². The molecule has 0 fully saturated rings. The van der Waals surface area contributed by atoms with E-state index in [1.807, 2.05) is 0 Å². The molecule has 0 spiro atoms. The Hall–Kier alpha value is -2.08. The van der Waals surface area contributed by atoms with Crippen LogP contribution < -0.4 is 16.4 Å². The third-order valence-corrected chi connectivity index (χ3v) is 5.03. The van der Waals surface area contributed by atoms with Crippen LogP contribution >= 0.6 is 23.2 Å². The number of benzene rings is 1. The Morgan fingerprint density at radius 1 is 0.969 bits per heavy atom. The number of nitrogens with two attached hydrogens (primary N) is 1. The minimum atomic E-state index is -0.389. The van der Waals surface area contributed by atoms with Crippen molar-refractivity contribution >= 4 is 47.0 Å². The van der Waals surface area contributed by atoms with Gasteiger partial charge >= 0.3 is 6.03 Å². The zero-order chi connectivity index (χ0) is 24.0. The van der Waals surface area contributed by atoms with Crippen molar-refractivity contribution in [2.24, 2.45) is 15.7 Å². The van der Waals surface area contributed by atoms with Crippen LogP contribution in [-0.4, -0.2) is 31.2 Å². The van der Waals surface area contributed by atoms with Crippen molar-refractivity contribution in [1.82, 2.24) is 10.6 Å². The molecule has 1 aromatic rings. The lowest BCUT2D eigenvalue weighted by molar-refractivity contribution is 0.245. The summed E-state index contributed by atoms with van der Waals surface area (Å²) in [7, 11) is 0. The predicted octanol–water partition coefficient (Wildman–Crippen LogP) is 6.50. The average molecular weight is 486 g/mol. The number of para-hydroxylation sites is 1. The van der Waals surface area contributed by atoms with Crippen molar-refractivity contribution < 1.29 is 9.59 Å². The van der Waals surface area contributed by atoms with Gasteiger partial charge in [0, 0.05) is 6.54 Å². The van der Waals surface area contributed by atoms with E-state index in [1.165, 1.54) is 51.0 Å². The summed E-state index contributed by atoms with van der Waals surface area (Å²) in [5, 5.41) is 5.91. The van der Waals surface area contributed by atoms with Crippen LogP contribution in [0.3, 0.4) is 0 Å². The number of amides is 2. The maximum atomic E-state index is 11.7. The van der Waals surface area contributed by atoms with Gasteiger partial charge in [-0.15, -0.1) is 0 Å². The van der Waals surface area contributed by atoms with Gasteiger partial charge in [-0.05, 0) is 25.0 Å². The number of rotatable bonds is 13. The molecule has 180 valence electrons. The van der Waals surface area contributed by atoms with E-state index in [2.05, 4.69) is 34.5 Å². The Morgan fingerprint density at radius 3 is 2.09 bits per heavy atom. The minimum Gasteiger partial charge on any atom is -0.369 e. The first-order valence-corrected chi connectivity index (χ1v) is 12.1. The standard InChI is InChI=1S/C15H22Cl2N4O.C8H15NO/c1-2-3-4-5-6-10-19-15(22)21-14(18)20-13-11(16)8-7-9-12(13)17;1-2-3-4-5-6-7-9-8-10/h7-9H,2-6,10H2,1H3,(H4,18,19,20,21,22);2-7H2,1H3. The highest BCUT2D eigenvalue weighted by Gasteiger charge is 2.07. The van der Waals surface area contributed by atoms with E-state index in [4.69, 9.17) is 28.9 Å². The maximum absolute atomic E-state index is 11.7. The topological polar surface area (TPSA) is 109 Å². The highest BCUT2D eigenvalue weighted by Crippen LogP contribution is 2.32. The Labute approximate surface area is 202 Å². The van der Waals surface area contributed by atoms with Crippen molar-refractivity contribution in [3.63, 3.8) is 0 Å². The summed E-state index contributed by atoms with van der Waals surface area (Å²) in [6.07, 6.45) is 13.3. The first-order chi connectivity index (χ1) is 15.5. The van der Waals surface area contributed by atoms with Crippen molar-refractivity contribution in [3.05, 3.63) is 28.2 Å². The summed E-state index contributed by atoms with van der Waals surface area (Å²) < 4.78 is 0. The number of carbonyl (C=O) groups is 1. The molecular formula is C23H37Cl2N5O2. The van der Waals surface area contributed by atoms with Crippen LogP contribution in [0.2, 0.25) is 10.0 Å². The Bertz CT molecular complexity index is 702. The lowest BCUT2D eigenvalue weighted by Gasteiger charge is -2.08. The van der Waals surface area contributed by atoms with Gasteiger partial charge in [0.2, 0.25) is 12.0 Å². The highest BCUT2D eigenvalue weighted by molar-refractivity contribution is 6.38. The number of hydrogen-bond donors (Lipinski definition) is 3. The zero-order valence-electron chi connectivity index (χ0n) is 19.3. The molecular weight excluding hydrogens is 449 g/mol. The quantitative estimate of drug-likeness (QED) is 0.128.